The van der Waals surface area contributed by atoms with Gasteiger partial charge in [-0.05, 0) is 45.4 Å². The first kappa shape index (κ1) is 14.1. The molecule has 2 saturated heterocycles. The number of hydrogen-bond acceptors (Lipinski definition) is 3. The summed E-state index contributed by atoms with van der Waals surface area (Å²) in [6.07, 6.45) is 4.60. The van der Waals surface area contributed by atoms with Crippen molar-refractivity contribution in [1.82, 2.24) is 10.2 Å². The van der Waals surface area contributed by atoms with Crippen LogP contribution in [0.3, 0.4) is 0 Å². The van der Waals surface area contributed by atoms with E-state index in [1.54, 1.807) is 0 Å². The van der Waals surface area contributed by atoms with E-state index < -0.39 is 5.79 Å². The lowest BCUT2D eigenvalue weighted by Crippen LogP contribution is -2.52. The van der Waals surface area contributed by atoms with Crippen molar-refractivity contribution in [2.75, 3.05) is 26.3 Å². The molecule has 0 aromatic heterocycles. The van der Waals surface area contributed by atoms with Gasteiger partial charge in [0.1, 0.15) is 0 Å². The van der Waals surface area contributed by atoms with Crippen LogP contribution in [-0.4, -0.2) is 49.1 Å². The van der Waals surface area contributed by atoms with Gasteiger partial charge in [-0.25, -0.2) is 4.79 Å². The van der Waals surface area contributed by atoms with Crippen molar-refractivity contribution >= 4 is 6.03 Å². The van der Waals surface area contributed by atoms with E-state index in [0.29, 0.717) is 25.2 Å². The number of carbonyl (C=O) groups is 1. The van der Waals surface area contributed by atoms with Crippen molar-refractivity contribution in [3.8, 4) is 0 Å². The van der Waals surface area contributed by atoms with E-state index in [2.05, 4.69) is 12.2 Å². The molecule has 2 amide bonds. The highest BCUT2D eigenvalue weighted by atomic mass is 16.7. The summed E-state index contributed by atoms with van der Waals surface area (Å²) in [5.41, 5.74) is 0. The molecule has 2 aliphatic heterocycles. The fourth-order valence-corrected chi connectivity index (χ4v) is 3.36. The van der Waals surface area contributed by atoms with Gasteiger partial charge in [-0.2, -0.15) is 0 Å². The summed E-state index contributed by atoms with van der Waals surface area (Å²) < 4.78 is 11.5. The molecule has 5 nitrogen and oxygen atoms in total. The molecule has 0 unspecified atom stereocenters. The molecule has 3 aliphatic rings. The highest BCUT2D eigenvalue weighted by molar-refractivity contribution is 5.74. The number of likely N-dealkylation sites (tertiary alicyclic amines) is 1. The number of urea groups is 1. The predicted octanol–water partition coefficient (Wildman–Crippen LogP) is 1.97. The maximum Gasteiger partial charge on any atom is 0.317 e. The van der Waals surface area contributed by atoms with Crippen LogP contribution in [0, 0.1) is 11.8 Å². The van der Waals surface area contributed by atoms with Crippen LogP contribution in [0.2, 0.25) is 0 Å². The molecular weight excluding hydrogens is 256 g/mol. The third kappa shape index (κ3) is 2.93. The minimum Gasteiger partial charge on any atom is -0.347 e. The first-order valence-corrected chi connectivity index (χ1v) is 7.92. The van der Waals surface area contributed by atoms with Gasteiger partial charge in [-0.3, -0.25) is 0 Å². The van der Waals surface area contributed by atoms with Gasteiger partial charge in [0.15, 0.2) is 5.79 Å². The van der Waals surface area contributed by atoms with Crippen molar-refractivity contribution in [2.24, 2.45) is 11.8 Å². The summed E-state index contributed by atoms with van der Waals surface area (Å²) >= 11 is 0. The Bertz CT molecular complexity index is 364. The first-order chi connectivity index (χ1) is 9.58. The second-order valence-corrected chi connectivity index (χ2v) is 6.57. The molecule has 114 valence electrons. The zero-order valence-corrected chi connectivity index (χ0v) is 12.6. The van der Waals surface area contributed by atoms with E-state index in [1.165, 1.54) is 12.8 Å². The SMILES string of the molecule is C[C@@H](NC(=O)N1CCC[C@H](C2(C)OCCO2)C1)C1CC1. The molecule has 1 aliphatic carbocycles. The summed E-state index contributed by atoms with van der Waals surface area (Å²) in [6.45, 7) is 7.03. The summed E-state index contributed by atoms with van der Waals surface area (Å²) in [7, 11) is 0. The lowest BCUT2D eigenvalue weighted by Gasteiger charge is -2.40. The van der Waals surface area contributed by atoms with Crippen LogP contribution in [0.1, 0.15) is 39.5 Å². The van der Waals surface area contributed by atoms with Gasteiger partial charge in [0.25, 0.3) is 0 Å². The van der Waals surface area contributed by atoms with E-state index in [0.717, 1.165) is 25.9 Å². The van der Waals surface area contributed by atoms with E-state index in [-0.39, 0.29) is 11.9 Å². The Kier molecular flexibility index (Phi) is 3.91. The van der Waals surface area contributed by atoms with Gasteiger partial charge in [0.2, 0.25) is 0 Å². The fourth-order valence-electron chi connectivity index (χ4n) is 3.36. The molecule has 3 rings (SSSR count). The average Bonchev–Trinajstić information content (AvgIpc) is 3.21. The van der Waals surface area contributed by atoms with E-state index in [4.69, 9.17) is 9.47 Å². The monoisotopic (exact) mass is 282 g/mol. The largest absolute Gasteiger partial charge is 0.347 e. The Morgan fingerprint density at radius 2 is 2.00 bits per heavy atom. The molecule has 0 spiro atoms. The van der Waals surface area contributed by atoms with E-state index >= 15 is 0 Å². The zero-order chi connectivity index (χ0) is 14.2. The van der Waals surface area contributed by atoms with Gasteiger partial charge in [-0.1, -0.05) is 0 Å². The first-order valence-electron chi connectivity index (χ1n) is 7.92. The van der Waals surface area contributed by atoms with Crippen LogP contribution in [0.25, 0.3) is 0 Å². The molecule has 1 saturated carbocycles. The number of hydrogen-bond donors (Lipinski definition) is 1. The highest BCUT2D eigenvalue weighted by Crippen LogP contribution is 2.35. The molecule has 2 heterocycles. The smallest absolute Gasteiger partial charge is 0.317 e. The van der Waals surface area contributed by atoms with Gasteiger partial charge in [0, 0.05) is 25.0 Å². The lowest BCUT2D eigenvalue weighted by molar-refractivity contribution is -0.189. The van der Waals surface area contributed by atoms with E-state index in [9.17, 15) is 4.79 Å². The van der Waals surface area contributed by atoms with Crippen LogP contribution in [0.15, 0.2) is 0 Å². The Morgan fingerprint density at radius 1 is 1.30 bits per heavy atom. The van der Waals surface area contributed by atoms with Crippen molar-refractivity contribution < 1.29 is 14.3 Å². The Hall–Kier alpha value is -0.810. The van der Waals surface area contributed by atoms with E-state index in [1.807, 2.05) is 11.8 Å². The maximum absolute atomic E-state index is 12.3. The molecule has 0 bridgehead atoms. The number of piperidine rings is 1. The maximum atomic E-state index is 12.3. The zero-order valence-electron chi connectivity index (χ0n) is 12.6. The second-order valence-electron chi connectivity index (χ2n) is 6.57. The lowest BCUT2D eigenvalue weighted by atomic mass is 9.90. The van der Waals surface area contributed by atoms with Crippen LogP contribution in [-0.2, 0) is 9.47 Å². The molecule has 3 fully saturated rings. The van der Waals surface area contributed by atoms with Crippen LogP contribution in [0.5, 0.6) is 0 Å². The van der Waals surface area contributed by atoms with Gasteiger partial charge in [0.05, 0.1) is 13.2 Å². The minimum atomic E-state index is -0.499. The van der Waals surface area contributed by atoms with Gasteiger partial charge in [-0.15, -0.1) is 0 Å². The average molecular weight is 282 g/mol. The highest BCUT2D eigenvalue weighted by Gasteiger charge is 2.42. The van der Waals surface area contributed by atoms with Crippen LogP contribution in [0.4, 0.5) is 4.79 Å². The normalized spacial score (nSPS) is 31.1. The van der Waals surface area contributed by atoms with Gasteiger partial charge >= 0.3 is 6.03 Å². The molecule has 0 aromatic carbocycles. The molecule has 2 atom stereocenters. The third-order valence-corrected chi connectivity index (χ3v) is 4.99. The number of nitrogens with zero attached hydrogens (tertiary/aromatic N) is 1. The predicted molar refractivity (Wildman–Crippen MR) is 75.3 cm³/mol. The van der Waals surface area contributed by atoms with Crippen LogP contribution >= 0.6 is 0 Å². The number of ether oxygens (including phenoxy) is 2. The fraction of sp³-hybridized carbons (Fsp3) is 0.933. The second kappa shape index (κ2) is 5.53. The molecule has 1 N–H and O–H groups in total. The van der Waals surface area contributed by atoms with Crippen molar-refractivity contribution in [2.45, 2.75) is 51.4 Å². The van der Waals surface area contributed by atoms with Gasteiger partial charge < -0.3 is 19.7 Å². The standard InChI is InChI=1S/C15H26N2O3/c1-11(12-5-6-12)16-14(18)17-7-3-4-13(10-17)15(2)19-8-9-20-15/h11-13H,3-10H2,1-2H3,(H,16,18)/t11-,13+/m1/s1. The van der Waals surface area contributed by atoms with Crippen molar-refractivity contribution in [3.05, 3.63) is 0 Å². The molecule has 20 heavy (non-hydrogen) atoms. The summed E-state index contributed by atoms with van der Waals surface area (Å²) in [6, 6.07) is 0.383. The van der Waals surface area contributed by atoms with Crippen molar-refractivity contribution in [3.63, 3.8) is 0 Å². The molecular formula is C15H26N2O3. The Labute approximate surface area is 121 Å². The Morgan fingerprint density at radius 3 is 2.65 bits per heavy atom. The molecule has 0 radical (unpaired) electrons. The topological polar surface area (TPSA) is 50.8 Å². The summed E-state index contributed by atoms with van der Waals surface area (Å²) in [4.78, 5) is 14.3. The molecule has 0 aromatic rings. The Balaban J connectivity index is 1.55. The summed E-state index contributed by atoms with van der Waals surface area (Å²) in [5.74, 6) is 0.473. The number of rotatable bonds is 3. The number of amides is 2. The quantitative estimate of drug-likeness (QED) is 0.861. The number of nitrogens with one attached hydrogen (secondary N) is 1. The third-order valence-electron chi connectivity index (χ3n) is 4.99. The number of carbonyl (C=O) groups excluding carboxylic acids is 1. The summed E-state index contributed by atoms with van der Waals surface area (Å²) in [5, 5.41) is 3.14. The van der Waals surface area contributed by atoms with Crippen molar-refractivity contribution in [1.29, 1.82) is 0 Å². The molecule has 5 heteroatoms. The van der Waals surface area contributed by atoms with Crippen LogP contribution < -0.4 is 5.32 Å². The minimum absolute atomic E-state index is 0.0793.